The minimum absolute atomic E-state index is 0.127. The van der Waals surface area contributed by atoms with Crippen molar-refractivity contribution in [1.82, 2.24) is 0 Å². The summed E-state index contributed by atoms with van der Waals surface area (Å²) in [6, 6.07) is 11.9. The number of rotatable bonds is 3. The Bertz CT molecular complexity index is 810. The number of amides is 2. The van der Waals surface area contributed by atoms with Crippen LogP contribution in [0, 0.1) is 5.92 Å². The lowest BCUT2D eigenvalue weighted by atomic mass is 10.1. The number of hydrogen-bond donors (Lipinski definition) is 1. The van der Waals surface area contributed by atoms with Gasteiger partial charge in [-0.3, -0.25) is 9.59 Å². The number of nitrogens with one attached hydrogen (secondary N) is 1. The summed E-state index contributed by atoms with van der Waals surface area (Å²) >= 11 is 18.0. The molecule has 1 fully saturated rings. The van der Waals surface area contributed by atoms with Crippen molar-refractivity contribution in [2.45, 2.75) is 6.42 Å². The van der Waals surface area contributed by atoms with E-state index in [1.165, 1.54) is 4.90 Å². The van der Waals surface area contributed by atoms with Gasteiger partial charge in [0.05, 0.1) is 27.3 Å². The Balaban J connectivity index is 1.73. The van der Waals surface area contributed by atoms with Gasteiger partial charge < -0.3 is 10.2 Å². The number of nitrogens with zero attached hydrogens (tertiary/aromatic N) is 1. The van der Waals surface area contributed by atoms with E-state index in [1.807, 2.05) is 0 Å². The van der Waals surface area contributed by atoms with Crippen molar-refractivity contribution < 1.29 is 9.59 Å². The summed E-state index contributed by atoms with van der Waals surface area (Å²) in [4.78, 5) is 26.2. The molecule has 2 aromatic rings. The van der Waals surface area contributed by atoms with Gasteiger partial charge in [0.1, 0.15) is 0 Å². The highest BCUT2D eigenvalue weighted by molar-refractivity contribution is 6.36. The molecule has 1 aliphatic heterocycles. The van der Waals surface area contributed by atoms with Gasteiger partial charge in [0.25, 0.3) is 0 Å². The van der Waals surface area contributed by atoms with Gasteiger partial charge in [0.15, 0.2) is 0 Å². The molecule has 0 radical (unpaired) electrons. The van der Waals surface area contributed by atoms with Gasteiger partial charge in [0.2, 0.25) is 11.8 Å². The summed E-state index contributed by atoms with van der Waals surface area (Å²) in [7, 11) is 0. The zero-order valence-electron chi connectivity index (χ0n) is 12.4. The number of carbonyl (C=O) groups excluding carboxylic acids is 2. The van der Waals surface area contributed by atoms with Crippen LogP contribution in [0.4, 0.5) is 11.4 Å². The first-order chi connectivity index (χ1) is 11.5. The van der Waals surface area contributed by atoms with Crippen molar-refractivity contribution in [3.63, 3.8) is 0 Å². The predicted octanol–water partition coefficient (Wildman–Crippen LogP) is 4.64. The van der Waals surface area contributed by atoms with Crippen molar-refractivity contribution in [2.75, 3.05) is 16.8 Å². The lowest BCUT2D eigenvalue weighted by Gasteiger charge is -2.18. The first kappa shape index (κ1) is 17.1. The third-order valence-electron chi connectivity index (χ3n) is 3.83. The molecule has 4 nitrogen and oxygen atoms in total. The molecular weight excluding hydrogens is 371 g/mol. The van der Waals surface area contributed by atoms with Gasteiger partial charge in [-0.2, -0.15) is 0 Å². The van der Waals surface area contributed by atoms with Gasteiger partial charge in [-0.15, -0.1) is 0 Å². The molecule has 0 spiro atoms. The quantitative estimate of drug-likeness (QED) is 0.839. The second-order valence-corrected chi connectivity index (χ2v) is 6.72. The number of hydrogen-bond acceptors (Lipinski definition) is 2. The first-order valence-corrected chi connectivity index (χ1v) is 8.40. The van der Waals surface area contributed by atoms with E-state index in [9.17, 15) is 9.59 Å². The molecule has 0 bridgehead atoms. The molecule has 124 valence electrons. The second-order valence-electron chi connectivity index (χ2n) is 5.47. The van der Waals surface area contributed by atoms with E-state index >= 15 is 0 Å². The molecule has 1 atom stereocenters. The van der Waals surface area contributed by atoms with Crippen molar-refractivity contribution in [2.24, 2.45) is 5.92 Å². The average Bonchev–Trinajstić information content (AvgIpc) is 2.92. The minimum Gasteiger partial charge on any atom is -0.324 e. The molecule has 3 rings (SSSR count). The fraction of sp³-hybridized carbons (Fsp3) is 0.176. The van der Waals surface area contributed by atoms with E-state index < -0.39 is 5.92 Å². The number of carbonyl (C=O) groups is 2. The summed E-state index contributed by atoms with van der Waals surface area (Å²) in [6.07, 6.45) is 0.127. The predicted molar refractivity (Wildman–Crippen MR) is 97.0 cm³/mol. The highest BCUT2D eigenvalue weighted by Crippen LogP contribution is 2.32. The van der Waals surface area contributed by atoms with Gasteiger partial charge in [-0.05, 0) is 30.3 Å². The van der Waals surface area contributed by atoms with Crippen LogP contribution >= 0.6 is 34.8 Å². The topological polar surface area (TPSA) is 49.4 Å². The van der Waals surface area contributed by atoms with Crippen molar-refractivity contribution in [1.29, 1.82) is 0 Å². The Morgan fingerprint density at radius 1 is 1.08 bits per heavy atom. The third-order valence-corrected chi connectivity index (χ3v) is 4.70. The summed E-state index contributed by atoms with van der Waals surface area (Å²) in [6.45, 7) is 0.277. The lowest BCUT2D eigenvalue weighted by Crippen LogP contribution is -2.28. The van der Waals surface area contributed by atoms with Gasteiger partial charge in [-0.1, -0.05) is 46.9 Å². The molecule has 0 aliphatic carbocycles. The maximum Gasteiger partial charge on any atom is 0.229 e. The first-order valence-electron chi connectivity index (χ1n) is 7.26. The summed E-state index contributed by atoms with van der Waals surface area (Å²) in [5.74, 6) is -0.868. The molecule has 1 saturated heterocycles. The molecule has 2 aromatic carbocycles. The van der Waals surface area contributed by atoms with Crippen molar-refractivity contribution >= 4 is 58.0 Å². The standard InChI is InChI=1S/C17H13Cl3N2O2/c18-11-5-6-14(13(20)8-11)21-17(24)10-7-16(23)22(9-10)15-4-2-1-3-12(15)19/h1-6,8,10H,7,9H2,(H,21,24)/t10-/m1/s1. The Kier molecular flexibility index (Phi) is 4.99. The molecule has 0 unspecified atom stereocenters. The second kappa shape index (κ2) is 7.01. The van der Waals surface area contributed by atoms with Crippen LogP contribution in [0.1, 0.15) is 6.42 Å². The molecule has 1 N–H and O–H groups in total. The zero-order valence-corrected chi connectivity index (χ0v) is 14.7. The number of anilines is 2. The van der Waals surface area contributed by atoms with Crippen LogP contribution in [0.15, 0.2) is 42.5 Å². The normalized spacial score (nSPS) is 17.2. The Hall–Kier alpha value is -1.75. The maximum atomic E-state index is 12.4. The summed E-state index contributed by atoms with van der Waals surface area (Å²) < 4.78 is 0. The smallest absolute Gasteiger partial charge is 0.229 e. The van der Waals surface area contributed by atoms with E-state index in [0.717, 1.165) is 0 Å². The molecule has 0 aromatic heterocycles. The van der Waals surface area contributed by atoms with E-state index in [2.05, 4.69) is 5.32 Å². The molecule has 1 aliphatic rings. The number of para-hydroxylation sites is 1. The molecule has 7 heteroatoms. The Labute approximate surface area is 154 Å². The highest BCUT2D eigenvalue weighted by Gasteiger charge is 2.36. The van der Waals surface area contributed by atoms with Crippen LogP contribution in [0.25, 0.3) is 0 Å². The fourth-order valence-electron chi connectivity index (χ4n) is 2.61. The zero-order chi connectivity index (χ0) is 17.3. The molecule has 2 amide bonds. The fourth-order valence-corrected chi connectivity index (χ4v) is 3.31. The van der Waals surface area contributed by atoms with E-state index in [-0.39, 0.29) is 24.8 Å². The van der Waals surface area contributed by atoms with E-state index in [4.69, 9.17) is 34.8 Å². The summed E-state index contributed by atoms with van der Waals surface area (Å²) in [5.41, 5.74) is 1.08. The minimum atomic E-state index is -0.472. The van der Waals surface area contributed by atoms with Crippen LogP contribution in [-0.4, -0.2) is 18.4 Å². The van der Waals surface area contributed by atoms with Gasteiger partial charge in [-0.25, -0.2) is 0 Å². The third kappa shape index (κ3) is 3.51. The van der Waals surface area contributed by atoms with Crippen LogP contribution in [0.2, 0.25) is 15.1 Å². The molecule has 24 heavy (non-hydrogen) atoms. The van der Waals surface area contributed by atoms with E-state index in [1.54, 1.807) is 42.5 Å². The van der Waals surface area contributed by atoms with Crippen LogP contribution in [0.5, 0.6) is 0 Å². The number of halogens is 3. The van der Waals surface area contributed by atoms with E-state index in [0.29, 0.717) is 26.4 Å². The molecule has 0 saturated carbocycles. The van der Waals surface area contributed by atoms with Crippen molar-refractivity contribution in [3.05, 3.63) is 57.5 Å². The molecule has 1 heterocycles. The Morgan fingerprint density at radius 2 is 1.83 bits per heavy atom. The van der Waals surface area contributed by atoms with Crippen LogP contribution in [-0.2, 0) is 9.59 Å². The monoisotopic (exact) mass is 382 g/mol. The van der Waals surface area contributed by atoms with Crippen molar-refractivity contribution in [3.8, 4) is 0 Å². The van der Waals surface area contributed by atoms with Crippen LogP contribution in [0.3, 0.4) is 0 Å². The average molecular weight is 384 g/mol. The molecular formula is C17H13Cl3N2O2. The van der Waals surface area contributed by atoms with Gasteiger partial charge in [0, 0.05) is 18.0 Å². The van der Waals surface area contributed by atoms with Crippen LogP contribution < -0.4 is 10.2 Å². The highest BCUT2D eigenvalue weighted by atomic mass is 35.5. The van der Waals surface area contributed by atoms with Gasteiger partial charge >= 0.3 is 0 Å². The SMILES string of the molecule is O=C(Nc1ccc(Cl)cc1Cl)[C@@H]1CC(=O)N(c2ccccc2Cl)C1. The number of benzene rings is 2. The largest absolute Gasteiger partial charge is 0.324 e. The lowest BCUT2D eigenvalue weighted by molar-refractivity contribution is -0.122. The Morgan fingerprint density at radius 3 is 2.54 bits per heavy atom. The maximum absolute atomic E-state index is 12.4. The summed E-state index contributed by atoms with van der Waals surface area (Å²) in [5, 5.41) is 4.06.